The van der Waals surface area contributed by atoms with Gasteiger partial charge >= 0.3 is 11.9 Å². The number of nitrogens with two attached hydrogens (primary N) is 1. The summed E-state index contributed by atoms with van der Waals surface area (Å²) < 4.78 is 37.3. The van der Waals surface area contributed by atoms with Gasteiger partial charge in [0.25, 0.3) is 11.8 Å². The molecule has 0 spiro atoms. The van der Waals surface area contributed by atoms with Crippen molar-refractivity contribution in [2.45, 2.75) is 13.1 Å². The molecule has 2 aromatic heterocycles. The Kier molecular flexibility index (Phi) is 10.1. The molecule has 2 N–H and O–H groups in total. The Bertz CT molecular complexity index is 1430. The molecule has 3 heterocycles. The molecule has 40 heavy (non-hydrogen) atoms. The van der Waals surface area contributed by atoms with Crippen molar-refractivity contribution in [3.05, 3.63) is 95.1 Å². The third kappa shape index (κ3) is 6.91. The fraction of sp³-hybridized carbons (Fsp3) is 0.231. The van der Waals surface area contributed by atoms with Gasteiger partial charge in [-0.3, -0.25) is 23.9 Å². The highest BCUT2D eigenvalue weighted by molar-refractivity contribution is 6.21. The zero-order chi connectivity index (χ0) is 29.2. The summed E-state index contributed by atoms with van der Waals surface area (Å²) in [6, 6.07) is 6.45. The Hall–Kier alpha value is -4.98. The number of methoxy groups -OCH3 is 2. The third-order valence-corrected chi connectivity index (χ3v) is 5.65. The average Bonchev–Trinajstić information content (AvgIpc) is 3.71. The lowest BCUT2D eigenvalue weighted by Gasteiger charge is -2.15. The zero-order valence-corrected chi connectivity index (χ0v) is 21.6. The molecule has 12 nitrogen and oxygen atoms in total. The van der Waals surface area contributed by atoms with Crippen LogP contribution in [0.1, 0.15) is 41.4 Å². The first-order valence-electron chi connectivity index (χ1n) is 11.7. The van der Waals surface area contributed by atoms with Gasteiger partial charge in [-0.1, -0.05) is 12.1 Å². The number of ether oxygens (including phenoxy) is 2. The van der Waals surface area contributed by atoms with E-state index in [1.807, 2.05) is 0 Å². The van der Waals surface area contributed by atoms with Gasteiger partial charge in [0.05, 0.1) is 81.2 Å². The van der Waals surface area contributed by atoms with Crippen LogP contribution in [-0.4, -0.2) is 75.5 Å². The van der Waals surface area contributed by atoms with Gasteiger partial charge in [0.2, 0.25) is 0 Å². The van der Waals surface area contributed by atoms with Crippen molar-refractivity contribution in [2.75, 3.05) is 27.3 Å². The van der Waals surface area contributed by atoms with Crippen molar-refractivity contribution in [1.29, 1.82) is 0 Å². The minimum atomic E-state index is -0.558. The Labute approximate surface area is 227 Å². The minimum Gasteiger partial charge on any atom is -0.465 e. The van der Waals surface area contributed by atoms with E-state index in [2.05, 4.69) is 19.7 Å². The maximum absolute atomic E-state index is 13.3. The van der Waals surface area contributed by atoms with Gasteiger partial charge in [0, 0.05) is 18.9 Å². The van der Waals surface area contributed by atoms with Crippen molar-refractivity contribution in [3.63, 3.8) is 0 Å². The predicted molar refractivity (Wildman–Crippen MR) is 136 cm³/mol. The number of nitrogens with zero attached hydrogens (tertiary/aromatic N) is 5. The Balaban J connectivity index is 0.000000252. The first kappa shape index (κ1) is 29.6. The number of carbonyl (C=O) groups is 4. The van der Waals surface area contributed by atoms with Gasteiger partial charge < -0.3 is 15.2 Å². The number of esters is 2. The predicted octanol–water partition coefficient (Wildman–Crippen LogP) is 2.30. The van der Waals surface area contributed by atoms with Crippen molar-refractivity contribution in [2.24, 2.45) is 5.73 Å². The summed E-state index contributed by atoms with van der Waals surface area (Å²) >= 11 is 0. The van der Waals surface area contributed by atoms with Crippen molar-refractivity contribution in [3.8, 4) is 0 Å². The summed E-state index contributed by atoms with van der Waals surface area (Å²) in [5, 5.41) is 7.82. The maximum Gasteiger partial charge on any atom is 0.341 e. The standard InChI is InChI=1S/C17H14FN3O4.C9H12FN3O2/c1-25-17(24)12-7-19-20(10-12)8-11(6-18)9-21-15(22)13-4-2-3-5-14(13)16(21)23;1-15-9(14)8-4-12-13(6-8)5-7(2-10)3-11/h2-7,10H,8-9H2,1H3;2,4,6H,3,5,11H2,1H3/b11-6-;7-2+. The number of imide groups is 1. The molecular formula is C26H26F2N6O6. The van der Waals surface area contributed by atoms with Crippen LogP contribution >= 0.6 is 0 Å². The molecule has 1 aliphatic heterocycles. The van der Waals surface area contributed by atoms with E-state index < -0.39 is 23.8 Å². The van der Waals surface area contributed by atoms with Gasteiger partial charge in [0.1, 0.15) is 0 Å². The second kappa shape index (κ2) is 13.7. The highest BCUT2D eigenvalue weighted by atomic mass is 19.1. The van der Waals surface area contributed by atoms with E-state index in [1.54, 1.807) is 24.3 Å². The summed E-state index contributed by atoms with van der Waals surface area (Å²) in [6.07, 6.45) is 6.31. The largest absolute Gasteiger partial charge is 0.465 e. The third-order valence-electron chi connectivity index (χ3n) is 5.65. The molecule has 14 heteroatoms. The van der Waals surface area contributed by atoms with E-state index in [9.17, 15) is 28.0 Å². The molecule has 3 aromatic rings. The number of amides is 2. The number of hydrogen-bond acceptors (Lipinski definition) is 9. The normalized spacial score (nSPS) is 13.1. The van der Waals surface area contributed by atoms with Crippen molar-refractivity contribution >= 4 is 23.8 Å². The summed E-state index contributed by atoms with van der Waals surface area (Å²) in [6.45, 7) is 0.130. The zero-order valence-electron chi connectivity index (χ0n) is 21.6. The first-order chi connectivity index (χ1) is 19.3. The van der Waals surface area contributed by atoms with Crippen LogP contribution < -0.4 is 5.73 Å². The lowest BCUT2D eigenvalue weighted by molar-refractivity contribution is 0.0591. The van der Waals surface area contributed by atoms with E-state index in [1.165, 1.54) is 48.4 Å². The number of benzene rings is 1. The van der Waals surface area contributed by atoms with Crippen LogP contribution in [0, 0.1) is 0 Å². The van der Waals surface area contributed by atoms with E-state index in [-0.39, 0.29) is 37.3 Å². The fourth-order valence-electron chi connectivity index (χ4n) is 3.61. The molecule has 0 saturated carbocycles. The first-order valence-corrected chi connectivity index (χ1v) is 11.7. The SMILES string of the molecule is COC(=O)c1cnn(C/C(=C/F)CN)c1.COC(=O)c1cnn(C/C(=C/F)CN2C(=O)c3ccccc3C2=O)c1. The lowest BCUT2D eigenvalue weighted by Crippen LogP contribution is -2.32. The molecule has 2 amide bonds. The van der Waals surface area contributed by atoms with Gasteiger partial charge in [-0.2, -0.15) is 10.2 Å². The second-order valence-electron chi connectivity index (χ2n) is 8.32. The van der Waals surface area contributed by atoms with E-state index >= 15 is 0 Å². The van der Waals surface area contributed by atoms with Crippen molar-refractivity contribution in [1.82, 2.24) is 24.5 Å². The summed E-state index contributed by atoms with van der Waals surface area (Å²) in [7, 11) is 2.53. The Morgan fingerprint density at radius 1 is 0.825 bits per heavy atom. The van der Waals surface area contributed by atoms with Gasteiger partial charge in [0.15, 0.2) is 0 Å². The summed E-state index contributed by atoms with van der Waals surface area (Å²) in [4.78, 5) is 48.1. The Morgan fingerprint density at radius 2 is 1.27 bits per heavy atom. The lowest BCUT2D eigenvalue weighted by atomic mass is 10.1. The number of rotatable bonds is 9. The van der Waals surface area contributed by atoms with Crippen LogP contribution in [-0.2, 0) is 22.6 Å². The molecule has 1 aromatic carbocycles. The number of carbonyl (C=O) groups excluding carboxylic acids is 4. The monoisotopic (exact) mass is 556 g/mol. The van der Waals surface area contributed by atoms with Crippen LogP contribution in [0.5, 0.6) is 0 Å². The van der Waals surface area contributed by atoms with Crippen LogP contribution in [0.3, 0.4) is 0 Å². The number of hydrogen-bond donors (Lipinski definition) is 1. The topological polar surface area (TPSA) is 152 Å². The van der Waals surface area contributed by atoms with E-state index in [0.29, 0.717) is 34.9 Å². The number of aromatic nitrogens is 4. The average molecular weight is 557 g/mol. The molecule has 0 saturated heterocycles. The molecule has 1 aliphatic rings. The van der Waals surface area contributed by atoms with Gasteiger partial charge in [-0.15, -0.1) is 0 Å². The second-order valence-corrected chi connectivity index (χ2v) is 8.32. The maximum atomic E-state index is 13.3. The molecule has 0 unspecified atom stereocenters. The Morgan fingerprint density at radius 3 is 1.68 bits per heavy atom. The van der Waals surface area contributed by atoms with E-state index in [0.717, 1.165) is 4.90 Å². The molecule has 0 fully saturated rings. The number of halogens is 2. The van der Waals surface area contributed by atoms with Gasteiger partial charge in [-0.25, -0.2) is 18.4 Å². The minimum absolute atomic E-state index is 0.0130. The van der Waals surface area contributed by atoms with Crippen LogP contribution in [0.25, 0.3) is 0 Å². The quantitative estimate of drug-likeness (QED) is 0.309. The highest BCUT2D eigenvalue weighted by Crippen LogP contribution is 2.23. The van der Waals surface area contributed by atoms with Crippen LogP contribution in [0.4, 0.5) is 8.78 Å². The molecule has 210 valence electrons. The van der Waals surface area contributed by atoms with Crippen molar-refractivity contribution < 1.29 is 37.4 Å². The van der Waals surface area contributed by atoms with Crippen LogP contribution in [0.15, 0.2) is 72.9 Å². The smallest absolute Gasteiger partial charge is 0.341 e. The summed E-state index contributed by atoms with van der Waals surface area (Å²) in [5.41, 5.74) is 7.00. The fourth-order valence-corrected chi connectivity index (χ4v) is 3.61. The molecule has 0 atom stereocenters. The summed E-state index contributed by atoms with van der Waals surface area (Å²) in [5.74, 6) is -1.96. The molecule has 0 radical (unpaired) electrons. The molecule has 4 rings (SSSR count). The van der Waals surface area contributed by atoms with E-state index in [4.69, 9.17) is 5.73 Å². The molecular weight excluding hydrogens is 530 g/mol. The van der Waals surface area contributed by atoms with Gasteiger partial charge in [-0.05, 0) is 23.3 Å². The van der Waals surface area contributed by atoms with Crippen LogP contribution in [0.2, 0.25) is 0 Å². The number of fused-ring (bicyclic) bond motifs is 1. The molecule has 0 aliphatic carbocycles. The highest BCUT2D eigenvalue weighted by Gasteiger charge is 2.35. The molecule has 0 bridgehead atoms.